The summed E-state index contributed by atoms with van der Waals surface area (Å²) in [5, 5.41) is 11.8. The predicted octanol–water partition coefficient (Wildman–Crippen LogP) is 5.03. The topological polar surface area (TPSA) is 115 Å². The standard InChI is InChI=1S/C28H28Cl2N6O2/c1-18(9-12-27(37)34-25(28(31)38)14-19-6-3-2-4-7-19)33-26-16-24(20-8-5-13-32-17-20)35-36(26)21-10-11-22(29)23(30)15-21/h2-8,10-11,13,15-18,25,33H,9,12,14H2,1H3,(H2,31,38)(H,34,37)/t18-,25+/m1/s1. The summed E-state index contributed by atoms with van der Waals surface area (Å²) in [6, 6.07) is 19.5. The number of carbonyl (C=O) groups is 2. The van der Waals surface area contributed by atoms with E-state index in [1.165, 1.54) is 0 Å². The quantitative estimate of drug-likeness (QED) is 0.242. The first-order valence-electron chi connectivity index (χ1n) is 12.1. The van der Waals surface area contributed by atoms with Crippen molar-refractivity contribution >= 4 is 40.8 Å². The van der Waals surface area contributed by atoms with Crippen molar-refractivity contribution in [1.82, 2.24) is 20.1 Å². The Balaban J connectivity index is 1.44. The number of rotatable bonds is 11. The van der Waals surface area contributed by atoms with Crippen molar-refractivity contribution < 1.29 is 9.59 Å². The van der Waals surface area contributed by atoms with Crippen LogP contribution in [-0.4, -0.2) is 38.7 Å². The molecule has 2 atom stereocenters. The number of benzene rings is 2. The second-order valence-corrected chi connectivity index (χ2v) is 9.78. The van der Waals surface area contributed by atoms with Crippen LogP contribution < -0.4 is 16.4 Å². The number of nitrogens with two attached hydrogens (primary N) is 1. The van der Waals surface area contributed by atoms with Gasteiger partial charge in [0.25, 0.3) is 0 Å². The van der Waals surface area contributed by atoms with Gasteiger partial charge in [-0.15, -0.1) is 0 Å². The van der Waals surface area contributed by atoms with Crippen LogP contribution in [-0.2, 0) is 16.0 Å². The molecule has 2 aromatic carbocycles. The third-order valence-electron chi connectivity index (χ3n) is 5.97. The van der Waals surface area contributed by atoms with Gasteiger partial charge in [-0.25, -0.2) is 4.68 Å². The first-order valence-corrected chi connectivity index (χ1v) is 12.9. The Morgan fingerprint density at radius 2 is 1.82 bits per heavy atom. The highest BCUT2D eigenvalue weighted by Crippen LogP contribution is 2.29. The molecular formula is C28H28Cl2N6O2. The van der Waals surface area contributed by atoms with E-state index in [4.69, 9.17) is 34.0 Å². The zero-order valence-corrected chi connectivity index (χ0v) is 22.3. The minimum Gasteiger partial charge on any atom is -0.368 e. The summed E-state index contributed by atoms with van der Waals surface area (Å²) in [5.41, 5.74) is 8.77. The molecule has 0 aliphatic heterocycles. The molecule has 0 saturated carbocycles. The molecule has 196 valence electrons. The van der Waals surface area contributed by atoms with Crippen LogP contribution in [0.4, 0.5) is 5.82 Å². The fourth-order valence-corrected chi connectivity index (χ4v) is 4.26. The van der Waals surface area contributed by atoms with Crippen molar-refractivity contribution in [2.24, 2.45) is 5.73 Å². The maximum atomic E-state index is 12.7. The van der Waals surface area contributed by atoms with Crippen molar-refractivity contribution in [2.45, 2.75) is 38.3 Å². The van der Waals surface area contributed by atoms with Crippen molar-refractivity contribution in [1.29, 1.82) is 0 Å². The molecule has 4 rings (SSSR count). The predicted molar refractivity (Wildman–Crippen MR) is 150 cm³/mol. The number of nitrogens with one attached hydrogen (secondary N) is 2. The van der Waals surface area contributed by atoms with Crippen molar-refractivity contribution in [3.05, 3.63) is 94.7 Å². The Morgan fingerprint density at radius 1 is 1.03 bits per heavy atom. The Kier molecular flexibility index (Phi) is 8.99. The van der Waals surface area contributed by atoms with Gasteiger partial charge in [-0.05, 0) is 49.2 Å². The minimum atomic E-state index is -0.772. The molecule has 2 aromatic heterocycles. The normalized spacial score (nSPS) is 12.5. The van der Waals surface area contributed by atoms with Crippen LogP contribution in [0.15, 0.2) is 79.1 Å². The van der Waals surface area contributed by atoms with E-state index in [-0.39, 0.29) is 18.4 Å². The zero-order chi connectivity index (χ0) is 27.1. The van der Waals surface area contributed by atoms with Gasteiger partial charge >= 0.3 is 0 Å². The molecular weight excluding hydrogens is 523 g/mol. The summed E-state index contributed by atoms with van der Waals surface area (Å²) in [6.45, 7) is 1.97. The van der Waals surface area contributed by atoms with Gasteiger partial charge in [-0.1, -0.05) is 53.5 Å². The Bertz CT molecular complexity index is 1400. The zero-order valence-electron chi connectivity index (χ0n) is 20.8. The third-order valence-corrected chi connectivity index (χ3v) is 6.71. The molecule has 0 bridgehead atoms. The molecule has 38 heavy (non-hydrogen) atoms. The molecule has 8 nitrogen and oxygen atoms in total. The monoisotopic (exact) mass is 550 g/mol. The van der Waals surface area contributed by atoms with Crippen LogP contribution in [0.3, 0.4) is 0 Å². The van der Waals surface area contributed by atoms with Gasteiger partial charge in [0.15, 0.2) is 0 Å². The van der Waals surface area contributed by atoms with Crippen LogP contribution in [0.5, 0.6) is 0 Å². The van der Waals surface area contributed by atoms with E-state index in [0.29, 0.717) is 28.7 Å². The molecule has 2 amide bonds. The SMILES string of the molecule is C[C@H](CCC(=O)N[C@@H](Cc1ccccc1)C(N)=O)Nc1cc(-c2cccnc2)nn1-c1ccc(Cl)c(Cl)c1. The average molecular weight is 551 g/mol. The second-order valence-electron chi connectivity index (χ2n) is 8.96. The smallest absolute Gasteiger partial charge is 0.240 e. The van der Waals surface area contributed by atoms with Crippen LogP contribution in [0.25, 0.3) is 16.9 Å². The van der Waals surface area contributed by atoms with Crippen LogP contribution in [0, 0.1) is 0 Å². The van der Waals surface area contributed by atoms with E-state index in [9.17, 15) is 9.59 Å². The van der Waals surface area contributed by atoms with Gasteiger partial charge in [-0.2, -0.15) is 5.10 Å². The summed E-state index contributed by atoms with van der Waals surface area (Å²) >= 11 is 12.4. The van der Waals surface area contributed by atoms with Crippen molar-refractivity contribution in [3.8, 4) is 16.9 Å². The lowest BCUT2D eigenvalue weighted by atomic mass is 10.0. The summed E-state index contributed by atoms with van der Waals surface area (Å²) in [6.07, 6.45) is 4.51. The Labute approximate surface area is 231 Å². The molecule has 4 N–H and O–H groups in total. The Morgan fingerprint density at radius 3 is 2.50 bits per heavy atom. The molecule has 0 fully saturated rings. The largest absolute Gasteiger partial charge is 0.368 e. The number of hydrogen-bond acceptors (Lipinski definition) is 5. The summed E-state index contributed by atoms with van der Waals surface area (Å²) < 4.78 is 1.74. The number of carbonyl (C=O) groups excluding carboxylic acids is 2. The molecule has 0 saturated heterocycles. The van der Waals surface area contributed by atoms with E-state index >= 15 is 0 Å². The van der Waals surface area contributed by atoms with E-state index in [1.54, 1.807) is 29.2 Å². The third kappa shape index (κ3) is 7.12. The fourth-order valence-electron chi connectivity index (χ4n) is 3.96. The highest BCUT2D eigenvalue weighted by molar-refractivity contribution is 6.42. The van der Waals surface area contributed by atoms with E-state index in [1.807, 2.05) is 61.5 Å². The van der Waals surface area contributed by atoms with Gasteiger partial charge in [0.1, 0.15) is 11.9 Å². The molecule has 4 aromatic rings. The molecule has 0 spiro atoms. The number of pyridine rings is 1. The maximum absolute atomic E-state index is 12.7. The summed E-state index contributed by atoms with van der Waals surface area (Å²) in [7, 11) is 0. The molecule has 0 unspecified atom stereocenters. The van der Waals surface area contributed by atoms with E-state index in [2.05, 4.69) is 15.6 Å². The number of anilines is 1. The van der Waals surface area contributed by atoms with Gasteiger partial charge in [0.2, 0.25) is 11.8 Å². The summed E-state index contributed by atoms with van der Waals surface area (Å²) in [5.74, 6) is -0.0940. The number of aromatic nitrogens is 3. The van der Waals surface area contributed by atoms with Crippen molar-refractivity contribution in [3.63, 3.8) is 0 Å². The molecule has 10 heteroatoms. The highest BCUT2D eigenvalue weighted by atomic mass is 35.5. The molecule has 0 radical (unpaired) electrons. The first kappa shape index (κ1) is 27.2. The highest BCUT2D eigenvalue weighted by Gasteiger charge is 2.20. The Hall–Kier alpha value is -3.88. The first-order chi connectivity index (χ1) is 18.3. The lowest BCUT2D eigenvalue weighted by Gasteiger charge is -2.18. The number of nitrogens with zero attached hydrogens (tertiary/aromatic N) is 3. The molecule has 2 heterocycles. The summed E-state index contributed by atoms with van der Waals surface area (Å²) in [4.78, 5) is 28.8. The van der Waals surface area contributed by atoms with Crippen LogP contribution in [0.1, 0.15) is 25.3 Å². The van der Waals surface area contributed by atoms with E-state index < -0.39 is 11.9 Å². The molecule has 0 aliphatic carbocycles. The average Bonchev–Trinajstić information content (AvgIpc) is 3.33. The van der Waals surface area contributed by atoms with Crippen molar-refractivity contribution in [2.75, 3.05) is 5.32 Å². The second kappa shape index (κ2) is 12.6. The lowest BCUT2D eigenvalue weighted by Crippen LogP contribution is -2.46. The number of halogens is 2. The van der Waals surface area contributed by atoms with Gasteiger partial charge < -0.3 is 16.4 Å². The lowest BCUT2D eigenvalue weighted by molar-refractivity contribution is -0.127. The molecule has 0 aliphatic rings. The van der Waals surface area contributed by atoms with Gasteiger partial charge in [-0.3, -0.25) is 14.6 Å². The van der Waals surface area contributed by atoms with Gasteiger partial charge in [0, 0.05) is 42.9 Å². The number of amides is 2. The fraction of sp³-hybridized carbons (Fsp3) is 0.214. The van der Waals surface area contributed by atoms with E-state index in [0.717, 1.165) is 22.5 Å². The number of primary amides is 1. The van der Waals surface area contributed by atoms with Gasteiger partial charge in [0.05, 0.1) is 21.4 Å². The maximum Gasteiger partial charge on any atom is 0.240 e. The van der Waals surface area contributed by atoms with Crippen LogP contribution in [0.2, 0.25) is 10.0 Å². The number of hydrogen-bond donors (Lipinski definition) is 3. The minimum absolute atomic E-state index is 0.0955. The van der Waals surface area contributed by atoms with Crippen LogP contribution >= 0.6 is 23.2 Å².